The summed E-state index contributed by atoms with van der Waals surface area (Å²) < 4.78 is 18.0. The van der Waals surface area contributed by atoms with Gasteiger partial charge in [0.1, 0.15) is 25.5 Å². The molecule has 1 aliphatic rings. The molecule has 1 saturated heterocycles. The van der Waals surface area contributed by atoms with E-state index in [-0.39, 0.29) is 31.4 Å². The maximum Gasteiger partial charge on any atom is 0.349 e. The van der Waals surface area contributed by atoms with Crippen LogP contribution in [0.15, 0.2) is 17.1 Å². The summed E-state index contributed by atoms with van der Waals surface area (Å²) in [7, 11) is -2.65. The van der Waals surface area contributed by atoms with Crippen molar-refractivity contribution in [2.24, 2.45) is 0 Å². The minimum absolute atomic E-state index is 0.0601. The fourth-order valence-corrected chi connectivity index (χ4v) is 4.36. The molecule has 3 atom stereocenters. The highest BCUT2D eigenvalue weighted by atomic mass is 31.2. The van der Waals surface area contributed by atoms with Crippen LogP contribution in [0.5, 0.6) is 0 Å². The molecule has 2 unspecified atom stereocenters. The number of aliphatic hydroxyl groups excluding tert-OH is 1. The van der Waals surface area contributed by atoms with Crippen LogP contribution in [0.1, 0.15) is 20.8 Å². The van der Waals surface area contributed by atoms with Crippen molar-refractivity contribution in [3.63, 3.8) is 0 Å². The lowest BCUT2D eigenvalue weighted by atomic mass is 10.3. The number of nitrogens with one attached hydrogen (secondary N) is 1. The summed E-state index contributed by atoms with van der Waals surface area (Å²) in [5, 5.41) is 12.6. The Morgan fingerprint density at radius 1 is 1.62 bits per heavy atom. The second kappa shape index (κ2) is 8.79. The van der Waals surface area contributed by atoms with Crippen LogP contribution in [-0.2, 0) is 25.3 Å². The van der Waals surface area contributed by atoms with Gasteiger partial charge < -0.3 is 24.8 Å². The first-order valence-electron chi connectivity index (χ1n) is 8.18. The average Bonchev–Trinajstić information content (AvgIpc) is 2.58. The summed E-state index contributed by atoms with van der Waals surface area (Å²) in [4.78, 5) is 27.4. The molecular formula is C15H25N4O6P. The van der Waals surface area contributed by atoms with Gasteiger partial charge >= 0.3 is 11.7 Å². The highest BCUT2D eigenvalue weighted by Gasteiger charge is 2.32. The Kier molecular flexibility index (Phi) is 6.96. The van der Waals surface area contributed by atoms with Crippen LogP contribution in [0.2, 0.25) is 0 Å². The van der Waals surface area contributed by atoms with Gasteiger partial charge in [-0.3, -0.25) is 14.4 Å². The number of carbonyl (C=O) groups excluding carboxylic acids is 1. The molecule has 0 aliphatic carbocycles. The molecule has 10 nitrogen and oxygen atoms in total. The largest absolute Gasteiger partial charge is 0.462 e. The zero-order valence-electron chi connectivity index (χ0n) is 15.0. The SMILES string of the molecule is CC(C)OC(=O)[C@H](C)NP1(=CO)COC(Cn2ccc(N)nc2=O)CO1. The summed E-state index contributed by atoms with van der Waals surface area (Å²) in [6, 6.07) is 0.853. The zero-order chi connectivity index (χ0) is 19.3. The van der Waals surface area contributed by atoms with Crippen LogP contribution in [0.4, 0.5) is 5.82 Å². The van der Waals surface area contributed by atoms with Crippen molar-refractivity contribution in [2.75, 3.05) is 18.7 Å². The molecule has 0 amide bonds. The number of ether oxygens (including phenoxy) is 2. The Hall–Kier alpha value is -1.71. The first-order chi connectivity index (χ1) is 12.2. The number of hydrogen-bond acceptors (Lipinski definition) is 8. The van der Waals surface area contributed by atoms with Crippen molar-refractivity contribution in [1.29, 1.82) is 0 Å². The molecule has 1 fully saturated rings. The van der Waals surface area contributed by atoms with Crippen LogP contribution in [0.3, 0.4) is 0 Å². The second-order valence-electron chi connectivity index (χ2n) is 6.25. The third kappa shape index (κ3) is 5.39. The minimum Gasteiger partial charge on any atom is -0.462 e. The highest BCUT2D eigenvalue weighted by Crippen LogP contribution is 2.47. The summed E-state index contributed by atoms with van der Waals surface area (Å²) >= 11 is 0. The molecule has 0 radical (unpaired) electrons. The standard InChI is InChI=1S/C15H25N4O6P/c1-10(2)25-14(21)11(3)18-26(8-20)9-23-12(7-24-26)6-19-5-4-13(16)17-15(19)22/h4-5,8,10-12,18,20H,6-7,9H2,1-3H3,(H2,16,17,22)/t11-,12?,26?/m0/s1. The molecule has 1 aliphatic heterocycles. The van der Waals surface area contributed by atoms with Gasteiger partial charge in [-0.05, 0) is 26.8 Å². The van der Waals surface area contributed by atoms with Crippen molar-refractivity contribution in [3.8, 4) is 0 Å². The van der Waals surface area contributed by atoms with Crippen molar-refractivity contribution in [1.82, 2.24) is 14.6 Å². The predicted octanol–water partition coefficient (Wildman–Crippen LogP) is 0.108. The predicted molar refractivity (Wildman–Crippen MR) is 97.3 cm³/mol. The first-order valence-corrected chi connectivity index (χ1v) is 10.1. The van der Waals surface area contributed by atoms with E-state index in [9.17, 15) is 14.7 Å². The van der Waals surface area contributed by atoms with E-state index in [1.807, 2.05) is 0 Å². The number of carbonyl (C=O) groups is 1. The molecule has 0 bridgehead atoms. The van der Waals surface area contributed by atoms with Crippen molar-refractivity contribution in [2.45, 2.75) is 45.6 Å². The molecule has 2 heterocycles. The minimum atomic E-state index is -2.65. The summed E-state index contributed by atoms with van der Waals surface area (Å²) in [5.41, 5.74) is 4.99. The molecule has 4 N–H and O–H groups in total. The van der Waals surface area contributed by atoms with E-state index in [0.29, 0.717) is 0 Å². The van der Waals surface area contributed by atoms with Gasteiger partial charge in [-0.1, -0.05) is 0 Å². The van der Waals surface area contributed by atoms with E-state index in [1.165, 1.54) is 16.8 Å². The van der Waals surface area contributed by atoms with Gasteiger partial charge in [0.05, 0.1) is 31.3 Å². The maximum absolute atomic E-state index is 11.9. The van der Waals surface area contributed by atoms with Gasteiger partial charge in [0.25, 0.3) is 0 Å². The second-order valence-corrected chi connectivity index (χ2v) is 8.85. The molecule has 26 heavy (non-hydrogen) atoms. The van der Waals surface area contributed by atoms with Gasteiger partial charge in [-0.2, -0.15) is 4.98 Å². The third-order valence-corrected chi connectivity index (χ3v) is 5.93. The van der Waals surface area contributed by atoms with Crippen molar-refractivity contribution < 1.29 is 23.9 Å². The molecular weight excluding hydrogens is 363 g/mol. The Morgan fingerprint density at radius 2 is 2.35 bits per heavy atom. The number of rotatable bonds is 6. The number of hydrogen-bond donors (Lipinski definition) is 3. The van der Waals surface area contributed by atoms with Crippen LogP contribution in [0, 0.1) is 0 Å². The summed E-state index contributed by atoms with van der Waals surface area (Å²) in [6.07, 6.45) is 0.959. The molecule has 0 aromatic carbocycles. The fourth-order valence-electron chi connectivity index (χ4n) is 2.31. The van der Waals surface area contributed by atoms with Gasteiger partial charge in [0, 0.05) is 6.20 Å². The van der Waals surface area contributed by atoms with E-state index in [4.69, 9.17) is 19.7 Å². The maximum atomic E-state index is 11.9. The Bertz CT molecular complexity index is 738. The number of anilines is 1. The smallest absolute Gasteiger partial charge is 0.349 e. The summed E-state index contributed by atoms with van der Waals surface area (Å²) in [6.45, 7) is 5.52. The number of nitrogen functional groups attached to an aromatic ring is 1. The zero-order valence-corrected chi connectivity index (χ0v) is 15.9. The fraction of sp³-hybridized carbons (Fsp3) is 0.600. The van der Waals surface area contributed by atoms with Crippen LogP contribution in [0.25, 0.3) is 0 Å². The third-order valence-electron chi connectivity index (χ3n) is 3.59. The van der Waals surface area contributed by atoms with E-state index in [0.717, 1.165) is 5.98 Å². The van der Waals surface area contributed by atoms with Gasteiger partial charge in [0.2, 0.25) is 0 Å². The lowest BCUT2D eigenvalue weighted by Crippen LogP contribution is -2.41. The molecule has 11 heteroatoms. The molecule has 0 spiro atoms. The highest BCUT2D eigenvalue weighted by molar-refractivity contribution is 7.68. The van der Waals surface area contributed by atoms with Crippen LogP contribution in [-0.4, -0.2) is 57.8 Å². The lowest BCUT2D eigenvalue weighted by Gasteiger charge is -2.36. The lowest BCUT2D eigenvalue weighted by molar-refractivity contribution is -0.149. The Balaban J connectivity index is 1.96. The van der Waals surface area contributed by atoms with E-state index >= 15 is 0 Å². The molecule has 146 valence electrons. The number of nitrogens with zero attached hydrogens (tertiary/aromatic N) is 2. The number of nitrogens with two attached hydrogens (primary N) is 1. The van der Waals surface area contributed by atoms with Crippen molar-refractivity contribution >= 4 is 25.0 Å². The molecule has 0 saturated carbocycles. The molecule has 1 aromatic rings. The first kappa shape index (κ1) is 20.6. The van der Waals surface area contributed by atoms with Gasteiger partial charge in [0.15, 0.2) is 0 Å². The Labute approximate surface area is 151 Å². The van der Waals surface area contributed by atoms with Crippen molar-refractivity contribution in [3.05, 3.63) is 22.7 Å². The van der Waals surface area contributed by atoms with E-state index in [1.54, 1.807) is 20.8 Å². The van der Waals surface area contributed by atoms with Crippen LogP contribution >= 0.6 is 7.26 Å². The monoisotopic (exact) mass is 388 g/mol. The molecule has 2 rings (SSSR count). The number of aliphatic hydroxyl groups is 1. The molecule has 1 aromatic heterocycles. The Morgan fingerprint density at radius 3 is 2.88 bits per heavy atom. The van der Waals surface area contributed by atoms with E-state index < -0.39 is 31.1 Å². The number of aromatic nitrogens is 2. The number of esters is 1. The van der Waals surface area contributed by atoms with E-state index in [2.05, 4.69) is 10.1 Å². The topological polar surface area (TPSA) is 138 Å². The van der Waals surface area contributed by atoms with Crippen LogP contribution < -0.4 is 16.5 Å². The normalized spacial score (nSPS) is 24.3. The van der Waals surface area contributed by atoms with Gasteiger partial charge in [-0.15, -0.1) is 0 Å². The quantitative estimate of drug-likeness (QED) is 0.458. The summed E-state index contributed by atoms with van der Waals surface area (Å²) in [5.74, 6) is 0.629. The average molecular weight is 388 g/mol. The van der Waals surface area contributed by atoms with Gasteiger partial charge in [-0.25, -0.2) is 4.79 Å².